The maximum atomic E-state index is 13.1. The Labute approximate surface area is 170 Å². The minimum atomic E-state index is -3.04. The number of ether oxygens (including phenoxy) is 2. The van der Waals surface area contributed by atoms with Crippen LogP contribution in [0.15, 0.2) is 18.2 Å². The van der Waals surface area contributed by atoms with E-state index >= 15 is 0 Å². The SMILES string of the molecule is COc1ccc(NC(=O)c2nn([C@H]3CCS(=O)(=O)C3)c3c2CCCC3)c(OC)c1. The van der Waals surface area contributed by atoms with E-state index in [0.29, 0.717) is 29.3 Å². The van der Waals surface area contributed by atoms with Gasteiger partial charge in [0.25, 0.3) is 5.91 Å². The summed E-state index contributed by atoms with van der Waals surface area (Å²) < 4.78 is 36.2. The number of hydrogen-bond acceptors (Lipinski definition) is 6. The maximum Gasteiger partial charge on any atom is 0.276 e. The lowest BCUT2D eigenvalue weighted by molar-refractivity contribution is 0.102. The molecule has 1 fully saturated rings. The Bertz CT molecular complexity index is 1040. The Balaban J connectivity index is 1.66. The smallest absolute Gasteiger partial charge is 0.276 e. The van der Waals surface area contributed by atoms with Crippen molar-refractivity contribution in [2.45, 2.75) is 38.1 Å². The van der Waals surface area contributed by atoms with Crippen LogP contribution in [0.4, 0.5) is 5.69 Å². The molecule has 156 valence electrons. The summed E-state index contributed by atoms with van der Waals surface area (Å²) in [5.74, 6) is 1.08. The van der Waals surface area contributed by atoms with E-state index in [-0.39, 0.29) is 23.5 Å². The summed E-state index contributed by atoms with van der Waals surface area (Å²) in [4.78, 5) is 13.1. The standard InChI is InChI=1S/C20H25N3O5S/c1-27-14-7-8-16(18(11-14)28-2)21-20(24)19-15-5-3-4-6-17(15)23(22-19)13-9-10-29(25,26)12-13/h7-8,11,13H,3-6,9-10,12H2,1-2H3,(H,21,24)/t13-/m0/s1. The van der Waals surface area contributed by atoms with Gasteiger partial charge in [0.1, 0.15) is 11.5 Å². The number of anilines is 1. The Morgan fingerprint density at radius 1 is 1.21 bits per heavy atom. The van der Waals surface area contributed by atoms with Crippen LogP contribution in [-0.2, 0) is 22.7 Å². The largest absolute Gasteiger partial charge is 0.497 e. The van der Waals surface area contributed by atoms with Gasteiger partial charge in [-0.15, -0.1) is 0 Å². The highest BCUT2D eigenvalue weighted by atomic mass is 32.2. The van der Waals surface area contributed by atoms with E-state index in [0.717, 1.165) is 36.9 Å². The minimum absolute atomic E-state index is 0.0917. The lowest BCUT2D eigenvalue weighted by Gasteiger charge is -2.17. The van der Waals surface area contributed by atoms with Gasteiger partial charge in [0.2, 0.25) is 0 Å². The van der Waals surface area contributed by atoms with Gasteiger partial charge in [-0.25, -0.2) is 8.42 Å². The summed E-state index contributed by atoms with van der Waals surface area (Å²) in [6, 6.07) is 4.98. The van der Waals surface area contributed by atoms with Gasteiger partial charge in [0.15, 0.2) is 15.5 Å². The average Bonchev–Trinajstić information content (AvgIpc) is 3.28. The Kier molecular flexibility index (Phi) is 5.24. The fraction of sp³-hybridized carbons (Fsp3) is 0.500. The third kappa shape index (κ3) is 3.83. The summed E-state index contributed by atoms with van der Waals surface area (Å²) in [7, 11) is 0.0589. The average molecular weight is 420 g/mol. The zero-order valence-corrected chi connectivity index (χ0v) is 17.4. The summed E-state index contributed by atoms with van der Waals surface area (Å²) in [5, 5.41) is 7.49. The molecule has 1 N–H and O–H groups in total. The summed E-state index contributed by atoms with van der Waals surface area (Å²) in [5.41, 5.74) is 2.85. The topological polar surface area (TPSA) is 99.5 Å². The van der Waals surface area contributed by atoms with Crippen molar-refractivity contribution >= 4 is 21.4 Å². The molecule has 1 aromatic heterocycles. The second-order valence-corrected chi connectivity index (χ2v) is 9.73. The van der Waals surface area contributed by atoms with E-state index in [1.165, 1.54) is 7.11 Å². The summed E-state index contributed by atoms with van der Waals surface area (Å²) in [6.07, 6.45) is 4.15. The van der Waals surface area contributed by atoms with Gasteiger partial charge in [-0.2, -0.15) is 5.10 Å². The number of fused-ring (bicyclic) bond motifs is 1. The van der Waals surface area contributed by atoms with Crippen molar-refractivity contribution in [3.8, 4) is 11.5 Å². The van der Waals surface area contributed by atoms with Crippen LogP contribution in [-0.4, -0.2) is 49.8 Å². The van der Waals surface area contributed by atoms with Crippen LogP contribution >= 0.6 is 0 Å². The quantitative estimate of drug-likeness (QED) is 0.799. The second-order valence-electron chi connectivity index (χ2n) is 7.50. The zero-order valence-electron chi connectivity index (χ0n) is 16.6. The molecule has 0 bridgehead atoms. The molecule has 0 saturated carbocycles. The van der Waals surface area contributed by atoms with Gasteiger partial charge in [0, 0.05) is 17.3 Å². The number of sulfone groups is 1. The number of nitrogens with zero attached hydrogens (tertiary/aromatic N) is 2. The molecule has 1 amide bonds. The van der Waals surface area contributed by atoms with Crippen molar-refractivity contribution in [3.05, 3.63) is 35.2 Å². The van der Waals surface area contributed by atoms with Crippen LogP contribution in [0, 0.1) is 0 Å². The van der Waals surface area contributed by atoms with Gasteiger partial charge in [-0.1, -0.05) is 0 Å². The maximum absolute atomic E-state index is 13.1. The van der Waals surface area contributed by atoms with Crippen LogP contribution < -0.4 is 14.8 Å². The van der Waals surface area contributed by atoms with E-state index in [4.69, 9.17) is 9.47 Å². The van der Waals surface area contributed by atoms with Gasteiger partial charge < -0.3 is 14.8 Å². The molecule has 2 heterocycles. The van der Waals surface area contributed by atoms with E-state index in [1.807, 2.05) is 0 Å². The third-order valence-electron chi connectivity index (χ3n) is 5.64. The number of carbonyl (C=O) groups excluding carboxylic acids is 1. The Morgan fingerprint density at radius 3 is 2.69 bits per heavy atom. The van der Waals surface area contributed by atoms with E-state index < -0.39 is 9.84 Å². The molecule has 2 aromatic rings. The predicted molar refractivity (Wildman–Crippen MR) is 109 cm³/mol. The first-order valence-electron chi connectivity index (χ1n) is 9.76. The van der Waals surface area contributed by atoms with Crippen molar-refractivity contribution in [1.82, 2.24) is 9.78 Å². The van der Waals surface area contributed by atoms with Crippen molar-refractivity contribution in [1.29, 1.82) is 0 Å². The van der Waals surface area contributed by atoms with Gasteiger partial charge in [-0.3, -0.25) is 9.48 Å². The Hall–Kier alpha value is -2.55. The highest BCUT2D eigenvalue weighted by Crippen LogP contribution is 2.33. The number of aromatic nitrogens is 2. The lowest BCUT2D eigenvalue weighted by atomic mass is 9.95. The molecule has 4 rings (SSSR count). The number of rotatable bonds is 5. The molecular formula is C20H25N3O5S. The lowest BCUT2D eigenvalue weighted by Crippen LogP contribution is -2.17. The number of amides is 1. The van der Waals surface area contributed by atoms with Crippen molar-refractivity contribution in [3.63, 3.8) is 0 Å². The van der Waals surface area contributed by atoms with Crippen molar-refractivity contribution < 1.29 is 22.7 Å². The van der Waals surface area contributed by atoms with Crippen molar-refractivity contribution in [2.75, 3.05) is 31.0 Å². The number of hydrogen-bond donors (Lipinski definition) is 1. The molecule has 1 aromatic carbocycles. The number of methoxy groups -OCH3 is 2. The third-order valence-corrected chi connectivity index (χ3v) is 7.39. The molecule has 0 spiro atoms. The molecule has 0 unspecified atom stereocenters. The minimum Gasteiger partial charge on any atom is -0.497 e. The first-order chi connectivity index (χ1) is 13.9. The van der Waals surface area contributed by atoms with Gasteiger partial charge in [0.05, 0.1) is 37.5 Å². The molecule has 9 heteroatoms. The fourth-order valence-corrected chi connectivity index (χ4v) is 5.85. The molecular weight excluding hydrogens is 394 g/mol. The monoisotopic (exact) mass is 419 g/mol. The summed E-state index contributed by atoms with van der Waals surface area (Å²) in [6.45, 7) is 0. The number of nitrogens with one attached hydrogen (secondary N) is 1. The van der Waals surface area contributed by atoms with Crippen molar-refractivity contribution in [2.24, 2.45) is 0 Å². The van der Waals surface area contributed by atoms with E-state index in [2.05, 4.69) is 10.4 Å². The molecule has 1 aliphatic carbocycles. The zero-order chi connectivity index (χ0) is 20.6. The fourth-order valence-electron chi connectivity index (χ4n) is 4.16. The predicted octanol–water partition coefficient (Wildman–Crippen LogP) is 2.39. The highest BCUT2D eigenvalue weighted by molar-refractivity contribution is 7.91. The normalized spacial score (nSPS) is 20.1. The molecule has 1 atom stereocenters. The van der Waals surface area contributed by atoms with E-state index in [9.17, 15) is 13.2 Å². The van der Waals surface area contributed by atoms with E-state index in [1.54, 1.807) is 30.0 Å². The first-order valence-corrected chi connectivity index (χ1v) is 11.6. The Morgan fingerprint density at radius 2 is 2.00 bits per heavy atom. The van der Waals surface area contributed by atoms with Crippen LogP contribution in [0.3, 0.4) is 0 Å². The molecule has 8 nitrogen and oxygen atoms in total. The van der Waals surface area contributed by atoms with Crippen LogP contribution in [0.5, 0.6) is 11.5 Å². The second kappa shape index (κ2) is 7.70. The van der Waals surface area contributed by atoms with Gasteiger partial charge in [-0.05, 0) is 44.2 Å². The first kappa shape index (κ1) is 19.8. The number of benzene rings is 1. The highest BCUT2D eigenvalue weighted by Gasteiger charge is 2.34. The molecule has 29 heavy (non-hydrogen) atoms. The van der Waals surface area contributed by atoms with Crippen LogP contribution in [0.25, 0.3) is 0 Å². The van der Waals surface area contributed by atoms with Crippen LogP contribution in [0.2, 0.25) is 0 Å². The molecule has 1 aliphatic heterocycles. The van der Waals surface area contributed by atoms with Gasteiger partial charge >= 0.3 is 0 Å². The molecule has 2 aliphatic rings. The number of carbonyl (C=O) groups is 1. The molecule has 0 radical (unpaired) electrons. The van der Waals surface area contributed by atoms with Crippen LogP contribution in [0.1, 0.15) is 47.1 Å². The molecule has 1 saturated heterocycles. The summed E-state index contributed by atoms with van der Waals surface area (Å²) >= 11 is 0.